The molecular formula is C22H18ClNO4. The Labute approximate surface area is 167 Å². The fourth-order valence-corrected chi connectivity index (χ4v) is 4.64. The van der Waals surface area contributed by atoms with Gasteiger partial charge in [0.05, 0.1) is 18.6 Å². The van der Waals surface area contributed by atoms with Gasteiger partial charge in [-0.05, 0) is 23.8 Å². The lowest BCUT2D eigenvalue weighted by molar-refractivity contribution is -0.153. The van der Waals surface area contributed by atoms with Crippen LogP contribution in [0, 0.1) is 11.8 Å². The van der Waals surface area contributed by atoms with Gasteiger partial charge >= 0.3 is 5.97 Å². The van der Waals surface area contributed by atoms with Crippen LogP contribution in [-0.2, 0) is 25.7 Å². The largest absolute Gasteiger partial charge is 0.460 e. The Kier molecular flexibility index (Phi) is 4.03. The van der Waals surface area contributed by atoms with Crippen molar-refractivity contribution in [1.29, 1.82) is 0 Å². The summed E-state index contributed by atoms with van der Waals surface area (Å²) in [5.74, 6) is -1.74. The maximum absolute atomic E-state index is 13.2. The molecule has 2 aromatic carbocycles. The Morgan fingerprint density at radius 2 is 2.04 bits per heavy atom. The number of hydrogen-bond donors (Lipinski definition) is 0. The number of amides is 1. The third kappa shape index (κ3) is 2.65. The maximum atomic E-state index is 13.2. The highest BCUT2D eigenvalue weighted by Gasteiger charge is 2.67. The first-order chi connectivity index (χ1) is 13.6. The van der Waals surface area contributed by atoms with Crippen LogP contribution in [0.1, 0.15) is 5.56 Å². The van der Waals surface area contributed by atoms with Crippen LogP contribution in [0.4, 0.5) is 5.69 Å². The SMILES string of the molecule is O=C(OCc1ccccc1)[C@H]1[C@H]2C(=O)N(c3cccc(Cl)c3)C[C@]23C=C[C@H]1O3. The van der Waals surface area contributed by atoms with Crippen LogP contribution in [0.3, 0.4) is 0 Å². The molecule has 2 saturated heterocycles. The molecule has 1 amide bonds. The van der Waals surface area contributed by atoms with Crippen LogP contribution in [0.15, 0.2) is 66.7 Å². The first kappa shape index (κ1) is 17.5. The molecule has 0 unspecified atom stereocenters. The van der Waals surface area contributed by atoms with Gasteiger partial charge in [0.15, 0.2) is 0 Å². The Morgan fingerprint density at radius 1 is 1.21 bits per heavy atom. The average molecular weight is 396 g/mol. The fraction of sp³-hybridized carbons (Fsp3) is 0.273. The van der Waals surface area contributed by atoms with E-state index in [0.717, 1.165) is 5.56 Å². The summed E-state index contributed by atoms with van der Waals surface area (Å²) in [7, 11) is 0. The Hall–Kier alpha value is -2.63. The fourth-order valence-electron chi connectivity index (χ4n) is 4.45. The van der Waals surface area contributed by atoms with Crippen molar-refractivity contribution in [2.75, 3.05) is 11.4 Å². The Bertz CT molecular complexity index is 976. The summed E-state index contributed by atoms with van der Waals surface area (Å²) in [5, 5.41) is 0.555. The van der Waals surface area contributed by atoms with E-state index < -0.39 is 29.5 Å². The van der Waals surface area contributed by atoms with Gasteiger partial charge in [0.2, 0.25) is 5.91 Å². The molecule has 1 spiro atoms. The highest BCUT2D eigenvalue weighted by molar-refractivity contribution is 6.31. The average Bonchev–Trinajstić information content (AvgIpc) is 3.35. The molecule has 0 saturated carbocycles. The molecule has 0 aliphatic carbocycles. The van der Waals surface area contributed by atoms with Crippen molar-refractivity contribution >= 4 is 29.2 Å². The minimum atomic E-state index is -0.777. The number of carbonyl (C=O) groups is 2. The second-order valence-corrected chi connectivity index (χ2v) is 7.83. The molecule has 2 fully saturated rings. The quantitative estimate of drug-likeness (QED) is 0.588. The third-order valence-electron chi connectivity index (χ3n) is 5.72. The van der Waals surface area contributed by atoms with E-state index in [0.29, 0.717) is 17.3 Å². The summed E-state index contributed by atoms with van der Waals surface area (Å²) in [6, 6.07) is 16.6. The van der Waals surface area contributed by atoms with E-state index in [-0.39, 0.29) is 12.5 Å². The summed E-state index contributed by atoms with van der Waals surface area (Å²) in [5.41, 5.74) is 0.835. The molecular weight excluding hydrogens is 378 g/mol. The number of ether oxygens (including phenoxy) is 2. The standard InChI is InChI=1S/C22H18ClNO4/c23-15-7-4-8-16(11-15)24-13-22-10-9-17(28-22)18(19(22)20(24)25)21(26)27-12-14-5-2-1-3-6-14/h1-11,17-19H,12-13H2/t17-,18-,19+,22-/m1/s1. The van der Waals surface area contributed by atoms with Gasteiger partial charge in [0.25, 0.3) is 0 Å². The van der Waals surface area contributed by atoms with E-state index in [1.165, 1.54) is 0 Å². The molecule has 3 aliphatic rings. The van der Waals surface area contributed by atoms with Crippen molar-refractivity contribution in [3.8, 4) is 0 Å². The zero-order valence-corrected chi connectivity index (χ0v) is 15.7. The van der Waals surface area contributed by atoms with E-state index >= 15 is 0 Å². The lowest BCUT2D eigenvalue weighted by atomic mass is 9.77. The minimum Gasteiger partial charge on any atom is -0.460 e. The van der Waals surface area contributed by atoms with Crippen LogP contribution in [0.5, 0.6) is 0 Å². The zero-order valence-electron chi connectivity index (χ0n) is 15.0. The summed E-state index contributed by atoms with van der Waals surface area (Å²) in [6.07, 6.45) is 3.38. The Morgan fingerprint density at radius 3 is 2.82 bits per heavy atom. The number of nitrogens with zero attached hydrogens (tertiary/aromatic N) is 1. The van der Waals surface area contributed by atoms with Crippen LogP contribution in [0.25, 0.3) is 0 Å². The van der Waals surface area contributed by atoms with Crippen LogP contribution in [0.2, 0.25) is 5.02 Å². The van der Waals surface area contributed by atoms with Gasteiger partial charge in [-0.3, -0.25) is 9.59 Å². The van der Waals surface area contributed by atoms with Crippen LogP contribution < -0.4 is 4.90 Å². The number of esters is 1. The second kappa shape index (κ2) is 6.47. The molecule has 3 aliphatic heterocycles. The van der Waals surface area contributed by atoms with Crippen molar-refractivity contribution < 1.29 is 19.1 Å². The van der Waals surface area contributed by atoms with Crippen molar-refractivity contribution in [2.45, 2.75) is 18.3 Å². The normalized spacial score (nSPS) is 30.0. The molecule has 4 atom stereocenters. The first-order valence-electron chi connectivity index (χ1n) is 9.22. The number of benzene rings is 2. The predicted molar refractivity (Wildman–Crippen MR) is 104 cm³/mol. The lowest BCUT2D eigenvalue weighted by Crippen LogP contribution is -2.40. The molecule has 6 heteroatoms. The highest BCUT2D eigenvalue weighted by atomic mass is 35.5. The Balaban J connectivity index is 1.39. The zero-order chi connectivity index (χ0) is 19.3. The van der Waals surface area contributed by atoms with E-state index in [2.05, 4.69) is 0 Å². The topological polar surface area (TPSA) is 55.8 Å². The number of anilines is 1. The second-order valence-electron chi connectivity index (χ2n) is 7.40. The summed E-state index contributed by atoms with van der Waals surface area (Å²) in [4.78, 5) is 27.7. The molecule has 2 aromatic rings. The molecule has 0 radical (unpaired) electrons. The first-order valence-corrected chi connectivity index (χ1v) is 9.60. The van der Waals surface area contributed by atoms with Gasteiger partial charge < -0.3 is 14.4 Å². The number of rotatable bonds is 4. The summed E-state index contributed by atoms with van der Waals surface area (Å²) < 4.78 is 11.6. The predicted octanol–water partition coefficient (Wildman–Crippen LogP) is 3.37. The van der Waals surface area contributed by atoms with E-state index in [1.54, 1.807) is 23.1 Å². The van der Waals surface area contributed by atoms with Gasteiger partial charge in [0, 0.05) is 10.7 Å². The van der Waals surface area contributed by atoms with Gasteiger partial charge in [-0.2, -0.15) is 0 Å². The van der Waals surface area contributed by atoms with Gasteiger partial charge in [-0.15, -0.1) is 0 Å². The molecule has 142 valence electrons. The monoisotopic (exact) mass is 395 g/mol. The molecule has 2 bridgehead atoms. The number of carbonyl (C=O) groups excluding carboxylic acids is 2. The number of hydrogen-bond acceptors (Lipinski definition) is 4. The van der Waals surface area contributed by atoms with Gasteiger partial charge in [-0.25, -0.2) is 0 Å². The summed E-state index contributed by atoms with van der Waals surface area (Å²) >= 11 is 6.09. The third-order valence-corrected chi connectivity index (χ3v) is 5.95. The van der Waals surface area contributed by atoms with Crippen LogP contribution in [-0.4, -0.2) is 30.1 Å². The van der Waals surface area contributed by atoms with Crippen molar-refractivity contribution in [1.82, 2.24) is 0 Å². The molecule has 5 nitrogen and oxygen atoms in total. The molecule has 0 aromatic heterocycles. The number of fused-ring (bicyclic) bond motifs is 1. The molecule has 3 heterocycles. The van der Waals surface area contributed by atoms with E-state index in [1.807, 2.05) is 48.6 Å². The molecule has 0 N–H and O–H groups in total. The van der Waals surface area contributed by atoms with E-state index in [9.17, 15) is 9.59 Å². The summed E-state index contributed by atoms with van der Waals surface area (Å²) in [6.45, 7) is 0.546. The number of halogens is 1. The molecule has 5 rings (SSSR count). The molecule has 28 heavy (non-hydrogen) atoms. The van der Waals surface area contributed by atoms with Gasteiger partial charge in [-0.1, -0.05) is 60.2 Å². The maximum Gasteiger partial charge on any atom is 0.313 e. The van der Waals surface area contributed by atoms with Crippen LogP contribution >= 0.6 is 11.6 Å². The van der Waals surface area contributed by atoms with Crippen molar-refractivity contribution in [3.05, 3.63) is 77.3 Å². The lowest BCUT2D eigenvalue weighted by Gasteiger charge is -2.22. The van der Waals surface area contributed by atoms with E-state index in [4.69, 9.17) is 21.1 Å². The highest BCUT2D eigenvalue weighted by Crippen LogP contribution is 2.53. The van der Waals surface area contributed by atoms with Gasteiger partial charge in [0.1, 0.15) is 18.1 Å². The minimum absolute atomic E-state index is 0.129. The van der Waals surface area contributed by atoms with Crippen molar-refractivity contribution in [2.24, 2.45) is 11.8 Å². The van der Waals surface area contributed by atoms with Crippen molar-refractivity contribution in [3.63, 3.8) is 0 Å². The smallest absolute Gasteiger partial charge is 0.313 e.